The molecule has 0 aromatic heterocycles. The van der Waals surface area contributed by atoms with Gasteiger partial charge in [-0.15, -0.1) is 0 Å². The van der Waals surface area contributed by atoms with Crippen molar-refractivity contribution in [2.24, 2.45) is 5.92 Å². The van der Waals surface area contributed by atoms with Gasteiger partial charge < -0.3 is 20.1 Å². The number of hydrogen-bond acceptors (Lipinski definition) is 6. The fourth-order valence-corrected chi connectivity index (χ4v) is 3.68. The van der Waals surface area contributed by atoms with Crippen LogP contribution in [0.2, 0.25) is 0 Å². The third-order valence-electron chi connectivity index (χ3n) is 5.69. The van der Waals surface area contributed by atoms with Crippen molar-refractivity contribution in [3.05, 3.63) is 71.8 Å². The molecule has 2 amide bonds. The Morgan fingerprint density at radius 2 is 1.43 bits per heavy atom. The number of rotatable bonds is 12. The number of benzene rings is 2. The van der Waals surface area contributed by atoms with Crippen LogP contribution in [-0.4, -0.2) is 54.4 Å². The van der Waals surface area contributed by atoms with Gasteiger partial charge in [-0.25, -0.2) is 4.79 Å². The summed E-state index contributed by atoms with van der Waals surface area (Å²) in [5, 5.41) is 7.04. The lowest BCUT2D eigenvalue weighted by Gasteiger charge is -2.31. The SMILES string of the molecule is CC(C)[C@H](N[C@@H](CNC(=O)[C@H](Cc1ccccc1)NC(=O)OCc1ccccc1)C(F)(F)F)C(=O)OC(C)(C)C. The van der Waals surface area contributed by atoms with Crippen LogP contribution in [-0.2, 0) is 32.1 Å². The fourth-order valence-electron chi connectivity index (χ4n) is 3.68. The maximum Gasteiger partial charge on any atom is 0.408 e. The molecule has 8 nitrogen and oxygen atoms in total. The van der Waals surface area contributed by atoms with Crippen LogP contribution in [0.3, 0.4) is 0 Å². The van der Waals surface area contributed by atoms with Crippen molar-refractivity contribution in [3.63, 3.8) is 0 Å². The van der Waals surface area contributed by atoms with E-state index < -0.39 is 60.3 Å². The summed E-state index contributed by atoms with van der Waals surface area (Å²) in [6.45, 7) is 7.12. The number of hydrogen-bond donors (Lipinski definition) is 3. The molecule has 0 aliphatic heterocycles. The second-order valence-corrected chi connectivity index (χ2v) is 10.7. The van der Waals surface area contributed by atoms with Gasteiger partial charge >= 0.3 is 18.2 Å². The number of ether oxygens (including phenoxy) is 2. The van der Waals surface area contributed by atoms with Gasteiger partial charge in [0.05, 0.1) is 0 Å². The number of esters is 1. The molecule has 220 valence electrons. The summed E-state index contributed by atoms with van der Waals surface area (Å²) in [5.74, 6) is -2.19. The zero-order valence-electron chi connectivity index (χ0n) is 23.4. The second-order valence-electron chi connectivity index (χ2n) is 10.7. The van der Waals surface area contributed by atoms with Gasteiger partial charge in [0, 0.05) is 13.0 Å². The topological polar surface area (TPSA) is 106 Å². The molecule has 3 N–H and O–H groups in total. The van der Waals surface area contributed by atoms with Crippen LogP contribution < -0.4 is 16.0 Å². The molecule has 3 atom stereocenters. The average Bonchev–Trinajstić information content (AvgIpc) is 2.86. The minimum Gasteiger partial charge on any atom is -0.459 e. The first kappa shape index (κ1) is 32.6. The van der Waals surface area contributed by atoms with Gasteiger partial charge in [0.1, 0.15) is 30.3 Å². The third kappa shape index (κ3) is 11.6. The summed E-state index contributed by atoms with van der Waals surface area (Å²) >= 11 is 0. The van der Waals surface area contributed by atoms with E-state index in [9.17, 15) is 27.6 Å². The van der Waals surface area contributed by atoms with Crippen molar-refractivity contribution in [3.8, 4) is 0 Å². The quantitative estimate of drug-likeness (QED) is 0.327. The maximum absolute atomic E-state index is 14.0. The molecule has 40 heavy (non-hydrogen) atoms. The largest absolute Gasteiger partial charge is 0.459 e. The van der Waals surface area contributed by atoms with E-state index in [1.807, 2.05) is 6.07 Å². The van der Waals surface area contributed by atoms with Gasteiger partial charge in [-0.05, 0) is 37.8 Å². The van der Waals surface area contributed by atoms with Gasteiger partial charge in [0.25, 0.3) is 0 Å². The number of carbonyl (C=O) groups is 3. The van der Waals surface area contributed by atoms with Gasteiger partial charge in [0.2, 0.25) is 5.91 Å². The fraction of sp³-hybridized carbons (Fsp3) is 0.483. The molecule has 0 spiro atoms. The van der Waals surface area contributed by atoms with E-state index in [0.717, 1.165) is 5.56 Å². The van der Waals surface area contributed by atoms with Gasteiger partial charge in [-0.2, -0.15) is 13.2 Å². The molecule has 0 aliphatic rings. The lowest BCUT2D eigenvalue weighted by molar-refractivity contribution is -0.169. The van der Waals surface area contributed by atoms with Gasteiger partial charge in [-0.1, -0.05) is 74.5 Å². The molecule has 0 aliphatic carbocycles. The highest BCUT2D eigenvalue weighted by Crippen LogP contribution is 2.22. The summed E-state index contributed by atoms with van der Waals surface area (Å²) in [4.78, 5) is 38.1. The van der Waals surface area contributed by atoms with Crippen LogP contribution >= 0.6 is 0 Å². The number of alkyl carbamates (subject to hydrolysis) is 1. The number of halogens is 3. The highest BCUT2D eigenvalue weighted by molar-refractivity contribution is 5.86. The van der Waals surface area contributed by atoms with Crippen molar-refractivity contribution in [1.82, 2.24) is 16.0 Å². The number of carbonyl (C=O) groups excluding carboxylic acids is 3. The standard InChI is InChI=1S/C29H38F3N3O5/c1-19(2)24(26(37)40-28(3,4)5)35-23(29(30,31)32)17-33-25(36)22(16-20-12-8-6-9-13-20)34-27(38)39-18-21-14-10-7-11-15-21/h6-15,19,22-24,35H,16-18H2,1-5H3,(H,33,36)(H,34,38)/t22-,23-,24-/m0/s1. The minimum atomic E-state index is -4.79. The Morgan fingerprint density at radius 3 is 1.93 bits per heavy atom. The number of amides is 2. The van der Waals surface area contributed by atoms with Gasteiger partial charge in [-0.3, -0.25) is 14.9 Å². The Hall–Kier alpha value is -3.60. The van der Waals surface area contributed by atoms with Crippen LogP contribution in [0.25, 0.3) is 0 Å². The monoisotopic (exact) mass is 565 g/mol. The first-order valence-corrected chi connectivity index (χ1v) is 13.0. The first-order valence-electron chi connectivity index (χ1n) is 13.0. The van der Waals surface area contributed by atoms with Crippen LogP contribution in [0.5, 0.6) is 0 Å². The van der Waals surface area contributed by atoms with E-state index in [4.69, 9.17) is 9.47 Å². The second kappa shape index (κ2) is 14.7. The Kier molecular flexibility index (Phi) is 12.0. The Bertz CT molecular complexity index is 1090. The molecule has 11 heteroatoms. The van der Waals surface area contributed by atoms with E-state index in [1.165, 1.54) is 0 Å². The average molecular weight is 566 g/mol. The zero-order valence-corrected chi connectivity index (χ0v) is 23.4. The van der Waals surface area contributed by atoms with E-state index >= 15 is 0 Å². The molecule has 2 rings (SSSR count). The van der Waals surface area contributed by atoms with Crippen LogP contribution in [0.1, 0.15) is 45.7 Å². The molecule has 0 heterocycles. The molecule has 2 aromatic carbocycles. The Labute approximate surface area is 233 Å². The molecule has 0 fully saturated rings. The maximum atomic E-state index is 14.0. The van der Waals surface area contributed by atoms with Crippen molar-refractivity contribution in [2.75, 3.05) is 6.54 Å². The highest BCUT2D eigenvalue weighted by Gasteiger charge is 2.43. The molecule has 0 saturated heterocycles. The van der Waals surface area contributed by atoms with Crippen LogP contribution in [0.4, 0.5) is 18.0 Å². The number of alkyl halides is 3. The van der Waals surface area contributed by atoms with E-state index in [2.05, 4.69) is 16.0 Å². The van der Waals surface area contributed by atoms with Crippen LogP contribution in [0.15, 0.2) is 60.7 Å². The molecule has 0 saturated carbocycles. The number of nitrogens with one attached hydrogen (secondary N) is 3. The minimum absolute atomic E-state index is 0.0176. The van der Waals surface area contributed by atoms with E-state index in [-0.39, 0.29) is 13.0 Å². The predicted octanol–water partition coefficient (Wildman–Crippen LogP) is 4.53. The van der Waals surface area contributed by atoms with Crippen molar-refractivity contribution in [1.29, 1.82) is 0 Å². The van der Waals surface area contributed by atoms with Crippen molar-refractivity contribution in [2.45, 2.75) is 77.5 Å². The molecule has 0 unspecified atom stereocenters. The molecule has 0 radical (unpaired) electrons. The summed E-state index contributed by atoms with van der Waals surface area (Å²) in [6.07, 6.45) is -5.67. The third-order valence-corrected chi connectivity index (χ3v) is 5.69. The van der Waals surface area contributed by atoms with E-state index in [0.29, 0.717) is 5.56 Å². The molecule has 0 bridgehead atoms. The summed E-state index contributed by atoms with van der Waals surface area (Å²) in [5.41, 5.74) is 0.519. The van der Waals surface area contributed by atoms with Crippen molar-refractivity contribution >= 4 is 18.0 Å². The molecule has 2 aromatic rings. The normalized spacial score (nSPS) is 14.1. The smallest absolute Gasteiger partial charge is 0.408 e. The van der Waals surface area contributed by atoms with Crippen LogP contribution in [0, 0.1) is 5.92 Å². The summed E-state index contributed by atoms with van der Waals surface area (Å²) in [6, 6.07) is 12.9. The summed E-state index contributed by atoms with van der Waals surface area (Å²) in [7, 11) is 0. The Morgan fingerprint density at radius 1 is 0.875 bits per heavy atom. The predicted molar refractivity (Wildman–Crippen MR) is 144 cm³/mol. The van der Waals surface area contributed by atoms with Crippen molar-refractivity contribution < 1.29 is 37.0 Å². The highest BCUT2D eigenvalue weighted by atomic mass is 19.4. The molecular formula is C29H38F3N3O5. The first-order chi connectivity index (χ1) is 18.7. The summed E-state index contributed by atoms with van der Waals surface area (Å²) < 4.78 is 52.4. The molecular weight excluding hydrogens is 527 g/mol. The van der Waals surface area contributed by atoms with E-state index in [1.54, 1.807) is 89.2 Å². The lowest BCUT2D eigenvalue weighted by atomic mass is 10.0. The zero-order chi connectivity index (χ0) is 29.9. The van der Waals surface area contributed by atoms with Gasteiger partial charge in [0.15, 0.2) is 0 Å². The lowest BCUT2D eigenvalue weighted by Crippen LogP contribution is -2.59. The Balaban J connectivity index is 2.12.